The zero-order chi connectivity index (χ0) is 13.1. The third-order valence-electron chi connectivity index (χ3n) is 2.68. The van der Waals surface area contributed by atoms with E-state index in [-0.39, 0.29) is 11.7 Å². The SMILES string of the molecule is CC(O)CCNC(=O)c1cc2cc(F)ccc2[nH]1. The molecule has 0 spiro atoms. The summed E-state index contributed by atoms with van der Waals surface area (Å²) in [6.07, 6.45) is 0.0581. The maximum absolute atomic E-state index is 13.0. The minimum atomic E-state index is -0.442. The highest BCUT2D eigenvalue weighted by Crippen LogP contribution is 2.16. The first-order valence-corrected chi connectivity index (χ1v) is 5.81. The number of aliphatic hydroxyl groups excluding tert-OH is 1. The summed E-state index contributed by atoms with van der Waals surface area (Å²) in [6.45, 7) is 2.07. The fourth-order valence-corrected chi connectivity index (χ4v) is 1.72. The molecular weight excluding hydrogens is 235 g/mol. The molecule has 1 amide bonds. The molecule has 0 saturated heterocycles. The lowest BCUT2D eigenvalue weighted by atomic mass is 10.2. The predicted octanol–water partition coefficient (Wildman–Crippen LogP) is 1.81. The van der Waals surface area contributed by atoms with E-state index < -0.39 is 6.10 Å². The molecule has 2 aromatic rings. The fourth-order valence-electron chi connectivity index (χ4n) is 1.72. The lowest BCUT2D eigenvalue weighted by Crippen LogP contribution is -2.26. The van der Waals surface area contributed by atoms with Crippen molar-refractivity contribution in [2.75, 3.05) is 6.54 Å². The molecule has 5 heteroatoms. The molecule has 96 valence electrons. The summed E-state index contributed by atoms with van der Waals surface area (Å²) in [5, 5.41) is 12.4. The number of aromatic nitrogens is 1. The van der Waals surface area contributed by atoms with Crippen molar-refractivity contribution in [2.24, 2.45) is 0 Å². The standard InChI is InChI=1S/C13H15FN2O2/c1-8(17)4-5-15-13(18)12-7-9-6-10(14)2-3-11(9)16-12/h2-3,6-8,16-17H,4-5H2,1H3,(H,15,18). The van der Waals surface area contributed by atoms with Crippen LogP contribution in [0.25, 0.3) is 10.9 Å². The molecule has 2 rings (SSSR count). The van der Waals surface area contributed by atoms with Crippen LogP contribution in [0.4, 0.5) is 4.39 Å². The van der Waals surface area contributed by atoms with Crippen molar-refractivity contribution in [2.45, 2.75) is 19.4 Å². The number of H-pyrrole nitrogens is 1. The van der Waals surface area contributed by atoms with Crippen LogP contribution in [-0.2, 0) is 0 Å². The molecule has 0 aliphatic rings. The second-order valence-corrected chi connectivity index (χ2v) is 4.31. The van der Waals surface area contributed by atoms with E-state index in [1.807, 2.05) is 0 Å². The molecule has 1 aromatic heterocycles. The molecule has 3 N–H and O–H groups in total. The first-order valence-electron chi connectivity index (χ1n) is 5.81. The maximum Gasteiger partial charge on any atom is 0.267 e. The topological polar surface area (TPSA) is 65.1 Å². The number of carbonyl (C=O) groups excluding carboxylic acids is 1. The van der Waals surface area contributed by atoms with Gasteiger partial charge in [0.05, 0.1) is 6.10 Å². The van der Waals surface area contributed by atoms with Gasteiger partial charge in [0, 0.05) is 17.4 Å². The molecule has 1 unspecified atom stereocenters. The Balaban J connectivity index is 2.08. The fraction of sp³-hybridized carbons (Fsp3) is 0.308. The van der Waals surface area contributed by atoms with Crippen molar-refractivity contribution < 1.29 is 14.3 Å². The van der Waals surface area contributed by atoms with Crippen LogP contribution in [0.3, 0.4) is 0 Å². The number of rotatable bonds is 4. The maximum atomic E-state index is 13.0. The number of carbonyl (C=O) groups is 1. The van der Waals surface area contributed by atoms with E-state index in [2.05, 4.69) is 10.3 Å². The van der Waals surface area contributed by atoms with Gasteiger partial charge in [-0.1, -0.05) is 0 Å². The van der Waals surface area contributed by atoms with Crippen LogP contribution < -0.4 is 5.32 Å². The summed E-state index contributed by atoms with van der Waals surface area (Å²) in [5.74, 6) is -0.588. The molecule has 1 heterocycles. The molecule has 0 radical (unpaired) electrons. The van der Waals surface area contributed by atoms with Crippen molar-refractivity contribution in [1.29, 1.82) is 0 Å². The third-order valence-corrected chi connectivity index (χ3v) is 2.68. The Labute approximate surface area is 104 Å². The lowest BCUT2D eigenvalue weighted by Gasteiger charge is -2.05. The van der Waals surface area contributed by atoms with E-state index in [1.54, 1.807) is 19.1 Å². The van der Waals surface area contributed by atoms with Crippen LogP contribution in [0.1, 0.15) is 23.8 Å². The second-order valence-electron chi connectivity index (χ2n) is 4.31. The van der Waals surface area contributed by atoms with Gasteiger partial charge < -0.3 is 15.4 Å². The van der Waals surface area contributed by atoms with E-state index in [0.29, 0.717) is 24.0 Å². The molecule has 1 aromatic carbocycles. The van der Waals surface area contributed by atoms with Gasteiger partial charge in [-0.25, -0.2) is 4.39 Å². The van der Waals surface area contributed by atoms with Crippen molar-refractivity contribution in [3.8, 4) is 0 Å². The number of benzene rings is 1. The molecule has 0 fully saturated rings. The Morgan fingerprint density at radius 1 is 1.50 bits per heavy atom. The van der Waals surface area contributed by atoms with Gasteiger partial charge in [-0.2, -0.15) is 0 Å². The average molecular weight is 250 g/mol. The Bertz CT molecular complexity index is 563. The smallest absolute Gasteiger partial charge is 0.267 e. The number of hydrogen-bond acceptors (Lipinski definition) is 2. The normalized spacial score (nSPS) is 12.6. The number of aliphatic hydroxyl groups is 1. The van der Waals surface area contributed by atoms with Crippen LogP contribution in [-0.4, -0.2) is 28.6 Å². The summed E-state index contributed by atoms with van der Waals surface area (Å²) in [7, 11) is 0. The Kier molecular flexibility index (Phi) is 3.62. The summed E-state index contributed by atoms with van der Waals surface area (Å²) in [4.78, 5) is 14.7. The van der Waals surface area contributed by atoms with Gasteiger partial charge in [0.25, 0.3) is 5.91 Å². The number of amides is 1. The molecule has 1 atom stereocenters. The molecule has 4 nitrogen and oxygen atoms in total. The second kappa shape index (κ2) is 5.18. The van der Waals surface area contributed by atoms with Crippen molar-refractivity contribution in [1.82, 2.24) is 10.3 Å². The highest BCUT2D eigenvalue weighted by Gasteiger charge is 2.09. The first kappa shape index (κ1) is 12.6. The molecular formula is C13H15FN2O2. The Morgan fingerprint density at radius 2 is 2.28 bits per heavy atom. The van der Waals surface area contributed by atoms with E-state index in [4.69, 9.17) is 5.11 Å². The average Bonchev–Trinajstić information content (AvgIpc) is 2.71. The molecule has 0 aliphatic heterocycles. The van der Waals surface area contributed by atoms with Crippen LogP contribution >= 0.6 is 0 Å². The monoisotopic (exact) mass is 250 g/mol. The molecule has 0 bridgehead atoms. The number of aromatic amines is 1. The van der Waals surface area contributed by atoms with Crippen molar-refractivity contribution >= 4 is 16.8 Å². The summed E-state index contributed by atoms with van der Waals surface area (Å²) >= 11 is 0. The largest absolute Gasteiger partial charge is 0.393 e. The quantitative estimate of drug-likeness (QED) is 0.774. The van der Waals surface area contributed by atoms with E-state index in [0.717, 1.165) is 5.52 Å². The zero-order valence-corrected chi connectivity index (χ0v) is 10.0. The van der Waals surface area contributed by atoms with Crippen molar-refractivity contribution in [3.05, 3.63) is 35.8 Å². The van der Waals surface area contributed by atoms with Gasteiger partial charge in [0.1, 0.15) is 11.5 Å². The van der Waals surface area contributed by atoms with E-state index in [1.165, 1.54) is 12.1 Å². The minimum absolute atomic E-state index is 0.257. The van der Waals surface area contributed by atoms with Gasteiger partial charge in [0.15, 0.2) is 0 Å². The summed E-state index contributed by atoms with van der Waals surface area (Å²) in [6, 6.07) is 5.92. The third kappa shape index (κ3) is 2.87. The minimum Gasteiger partial charge on any atom is -0.393 e. The van der Waals surface area contributed by atoms with Gasteiger partial charge in [-0.15, -0.1) is 0 Å². The summed E-state index contributed by atoms with van der Waals surface area (Å²) < 4.78 is 13.0. The van der Waals surface area contributed by atoms with Gasteiger partial charge >= 0.3 is 0 Å². The zero-order valence-electron chi connectivity index (χ0n) is 10.0. The van der Waals surface area contributed by atoms with Crippen LogP contribution in [0.5, 0.6) is 0 Å². The van der Waals surface area contributed by atoms with Crippen LogP contribution in [0.2, 0.25) is 0 Å². The summed E-state index contributed by atoms with van der Waals surface area (Å²) in [5.41, 5.74) is 1.11. The predicted molar refractivity (Wildman–Crippen MR) is 66.9 cm³/mol. The van der Waals surface area contributed by atoms with E-state index >= 15 is 0 Å². The van der Waals surface area contributed by atoms with Crippen molar-refractivity contribution in [3.63, 3.8) is 0 Å². The first-order chi connectivity index (χ1) is 8.56. The molecule has 0 saturated carbocycles. The number of fused-ring (bicyclic) bond motifs is 1. The Morgan fingerprint density at radius 3 is 3.00 bits per heavy atom. The van der Waals surface area contributed by atoms with Gasteiger partial charge in [0.2, 0.25) is 0 Å². The van der Waals surface area contributed by atoms with Crippen LogP contribution in [0.15, 0.2) is 24.3 Å². The highest BCUT2D eigenvalue weighted by molar-refractivity contribution is 5.97. The number of hydrogen-bond donors (Lipinski definition) is 3. The highest BCUT2D eigenvalue weighted by atomic mass is 19.1. The van der Waals surface area contributed by atoms with Crippen LogP contribution in [0, 0.1) is 5.82 Å². The number of halogens is 1. The number of nitrogens with one attached hydrogen (secondary N) is 2. The van der Waals surface area contributed by atoms with Gasteiger partial charge in [-0.3, -0.25) is 4.79 Å². The van der Waals surface area contributed by atoms with Gasteiger partial charge in [-0.05, 0) is 37.6 Å². The lowest BCUT2D eigenvalue weighted by molar-refractivity contribution is 0.0941. The van der Waals surface area contributed by atoms with E-state index in [9.17, 15) is 9.18 Å². The molecule has 0 aliphatic carbocycles. The Hall–Kier alpha value is -1.88. The molecule has 18 heavy (non-hydrogen) atoms.